The maximum absolute atomic E-state index is 13.3. The van der Waals surface area contributed by atoms with Crippen LogP contribution in [-0.4, -0.2) is 61.8 Å². The minimum Gasteiger partial charge on any atom is -0.490 e. The lowest BCUT2D eigenvalue weighted by molar-refractivity contribution is -0.151. The number of nitrogens with zero attached hydrogens (tertiary/aromatic N) is 1. The third kappa shape index (κ3) is 5.14. The molecule has 0 aliphatic carbocycles. The van der Waals surface area contributed by atoms with Gasteiger partial charge in [0.2, 0.25) is 0 Å². The molecule has 180 valence electrons. The van der Waals surface area contributed by atoms with Crippen molar-refractivity contribution in [2.75, 3.05) is 31.4 Å². The largest absolute Gasteiger partial charge is 0.490 e. The van der Waals surface area contributed by atoms with Crippen LogP contribution in [0.25, 0.3) is 0 Å². The van der Waals surface area contributed by atoms with Gasteiger partial charge in [-0.1, -0.05) is 18.2 Å². The molecule has 1 saturated heterocycles. The molecular formula is C25H29N3O6. The van der Waals surface area contributed by atoms with Gasteiger partial charge in [0.25, 0.3) is 5.91 Å². The minimum atomic E-state index is -0.404. The van der Waals surface area contributed by atoms with Gasteiger partial charge in [-0.15, -0.1) is 0 Å². The zero-order valence-electron chi connectivity index (χ0n) is 19.5. The molecule has 3 amide bonds. The van der Waals surface area contributed by atoms with E-state index in [1.165, 1.54) is 7.11 Å². The first-order valence-electron chi connectivity index (χ1n) is 11.3. The van der Waals surface area contributed by atoms with Gasteiger partial charge in [-0.25, -0.2) is 4.79 Å². The number of carbonyl (C=O) groups excluding carboxylic acids is 3. The summed E-state index contributed by atoms with van der Waals surface area (Å²) in [4.78, 5) is 39.1. The number of ether oxygens (including phenoxy) is 3. The van der Waals surface area contributed by atoms with Crippen LogP contribution in [-0.2, 0) is 14.3 Å². The average molecular weight is 468 g/mol. The molecule has 2 aromatic rings. The Balaban J connectivity index is 1.48. The molecule has 0 radical (unpaired) electrons. The van der Waals surface area contributed by atoms with Crippen molar-refractivity contribution in [3.05, 3.63) is 53.6 Å². The fourth-order valence-electron chi connectivity index (χ4n) is 4.37. The van der Waals surface area contributed by atoms with Crippen molar-refractivity contribution >= 4 is 29.3 Å². The Kier molecular flexibility index (Phi) is 7.02. The fraction of sp³-hybridized carbons (Fsp3) is 0.400. The number of rotatable bonds is 4. The van der Waals surface area contributed by atoms with Crippen LogP contribution in [0.5, 0.6) is 5.75 Å². The molecule has 0 unspecified atom stereocenters. The Morgan fingerprint density at radius 3 is 2.71 bits per heavy atom. The van der Waals surface area contributed by atoms with Gasteiger partial charge in [-0.05, 0) is 49.6 Å². The van der Waals surface area contributed by atoms with Gasteiger partial charge in [0, 0.05) is 18.4 Å². The molecule has 0 aromatic heterocycles. The number of benzene rings is 2. The molecule has 0 spiro atoms. The summed E-state index contributed by atoms with van der Waals surface area (Å²) >= 11 is 0. The SMILES string of the molecule is COC(=O)C[C@H]1CC[C@@H]2[C@@H](COc3ccc(NC(=O)Nc4ccccc4C)cc3C(=O)N2C)O1. The Morgan fingerprint density at radius 2 is 1.94 bits per heavy atom. The lowest BCUT2D eigenvalue weighted by Crippen LogP contribution is -2.53. The van der Waals surface area contributed by atoms with Crippen LogP contribution < -0.4 is 15.4 Å². The number of methoxy groups -OCH3 is 1. The summed E-state index contributed by atoms with van der Waals surface area (Å²) < 4.78 is 16.8. The molecule has 1 fully saturated rings. The molecule has 34 heavy (non-hydrogen) atoms. The van der Waals surface area contributed by atoms with E-state index < -0.39 is 6.03 Å². The predicted molar refractivity (Wildman–Crippen MR) is 126 cm³/mol. The average Bonchev–Trinajstić information content (AvgIpc) is 2.83. The highest BCUT2D eigenvalue weighted by Gasteiger charge is 2.39. The maximum Gasteiger partial charge on any atom is 0.323 e. The third-order valence-electron chi connectivity index (χ3n) is 6.28. The van der Waals surface area contributed by atoms with Gasteiger partial charge in [0.1, 0.15) is 18.5 Å². The van der Waals surface area contributed by atoms with E-state index in [2.05, 4.69) is 10.6 Å². The van der Waals surface area contributed by atoms with Crippen LogP contribution in [0.2, 0.25) is 0 Å². The Bertz CT molecular complexity index is 1090. The van der Waals surface area contributed by atoms with E-state index in [1.807, 2.05) is 31.2 Å². The molecular weight excluding hydrogens is 438 g/mol. The lowest BCUT2D eigenvalue weighted by Gasteiger charge is -2.42. The second-order valence-electron chi connectivity index (χ2n) is 8.55. The molecule has 2 heterocycles. The number of anilines is 2. The number of para-hydroxylation sites is 1. The summed E-state index contributed by atoms with van der Waals surface area (Å²) in [7, 11) is 3.09. The van der Waals surface area contributed by atoms with Gasteiger partial charge in [0.05, 0.1) is 31.2 Å². The number of amides is 3. The Hall–Kier alpha value is -3.59. The van der Waals surface area contributed by atoms with Crippen LogP contribution in [0.1, 0.15) is 35.2 Å². The first-order chi connectivity index (χ1) is 16.4. The summed E-state index contributed by atoms with van der Waals surface area (Å²) in [5, 5.41) is 5.59. The monoisotopic (exact) mass is 467 g/mol. The number of fused-ring (bicyclic) bond motifs is 2. The molecule has 3 atom stereocenters. The summed E-state index contributed by atoms with van der Waals surface area (Å²) in [6.45, 7) is 2.15. The highest BCUT2D eigenvalue weighted by atomic mass is 16.5. The van der Waals surface area contributed by atoms with E-state index in [0.717, 1.165) is 5.56 Å². The van der Waals surface area contributed by atoms with Gasteiger partial charge in [-0.2, -0.15) is 0 Å². The number of carbonyl (C=O) groups is 3. The van der Waals surface area contributed by atoms with Crippen LogP contribution in [0.15, 0.2) is 42.5 Å². The molecule has 2 N–H and O–H groups in total. The topological polar surface area (TPSA) is 106 Å². The zero-order valence-corrected chi connectivity index (χ0v) is 19.5. The molecule has 2 aliphatic rings. The normalized spacial score (nSPS) is 21.8. The molecule has 2 aliphatic heterocycles. The quantitative estimate of drug-likeness (QED) is 0.666. The van der Waals surface area contributed by atoms with Gasteiger partial charge >= 0.3 is 12.0 Å². The predicted octanol–water partition coefficient (Wildman–Crippen LogP) is 3.58. The fourth-order valence-corrected chi connectivity index (χ4v) is 4.37. The molecule has 0 bridgehead atoms. The zero-order chi connectivity index (χ0) is 24.2. The standard InChI is InChI=1S/C25H29N3O6/c1-15-6-4-5-7-19(15)27-25(31)26-16-8-11-21-18(12-16)24(30)28(2)20-10-9-17(13-23(29)32-3)34-22(20)14-33-21/h4-8,11-12,17,20,22H,9-10,13-14H2,1-3H3,(H2,26,27,31)/t17-,20-,22-/m1/s1. The number of aryl methyl sites for hydroxylation is 1. The van der Waals surface area contributed by atoms with E-state index in [9.17, 15) is 14.4 Å². The highest BCUT2D eigenvalue weighted by molar-refractivity contribution is 6.02. The first-order valence-corrected chi connectivity index (χ1v) is 11.3. The molecule has 9 nitrogen and oxygen atoms in total. The summed E-state index contributed by atoms with van der Waals surface area (Å²) in [5.41, 5.74) is 2.50. The number of nitrogens with one attached hydrogen (secondary N) is 2. The van der Waals surface area contributed by atoms with Crippen molar-refractivity contribution < 1.29 is 28.6 Å². The summed E-state index contributed by atoms with van der Waals surface area (Å²) in [6, 6.07) is 11.9. The number of likely N-dealkylation sites (N-methyl/N-ethyl adjacent to an activating group) is 1. The molecule has 9 heteroatoms. The van der Waals surface area contributed by atoms with Gasteiger partial charge < -0.3 is 29.7 Å². The van der Waals surface area contributed by atoms with Crippen molar-refractivity contribution in [1.29, 1.82) is 0 Å². The van der Waals surface area contributed by atoms with Crippen LogP contribution >= 0.6 is 0 Å². The molecule has 4 rings (SSSR count). The summed E-state index contributed by atoms with van der Waals surface area (Å²) in [6.07, 6.45) is 0.875. The van der Waals surface area contributed by atoms with Crippen molar-refractivity contribution in [3.8, 4) is 5.75 Å². The molecule has 2 aromatic carbocycles. The van der Waals surface area contributed by atoms with E-state index in [4.69, 9.17) is 14.2 Å². The number of urea groups is 1. The van der Waals surface area contributed by atoms with E-state index in [1.54, 1.807) is 30.1 Å². The minimum absolute atomic E-state index is 0.174. The number of hydrogen-bond acceptors (Lipinski definition) is 6. The second kappa shape index (κ2) is 10.1. The smallest absolute Gasteiger partial charge is 0.323 e. The molecule has 0 saturated carbocycles. The Labute approximate surface area is 198 Å². The Morgan fingerprint density at radius 1 is 1.15 bits per heavy atom. The van der Waals surface area contributed by atoms with Crippen molar-refractivity contribution in [1.82, 2.24) is 4.90 Å². The van der Waals surface area contributed by atoms with Crippen LogP contribution in [0.4, 0.5) is 16.2 Å². The van der Waals surface area contributed by atoms with E-state index in [-0.39, 0.29) is 43.2 Å². The number of esters is 1. The van der Waals surface area contributed by atoms with Crippen molar-refractivity contribution in [2.24, 2.45) is 0 Å². The summed E-state index contributed by atoms with van der Waals surface area (Å²) in [5.74, 6) is -0.127. The third-order valence-corrected chi connectivity index (χ3v) is 6.28. The maximum atomic E-state index is 13.3. The van der Waals surface area contributed by atoms with Crippen molar-refractivity contribution in [3.63, 3.8) is 0 Å². The highest BCUT2D eigenvalue weighted by Crippen LogP contribution is 2.32. The van der Waals surface area contributed by atoms with E-state index >= 15 is 0 Å². The number of hydrogen-bond donors (Lipinski definition) is 2. The van der Waals surface area contributed by atoms with Crippen LogP contribution in [0, 0.1) is 6.92 Å². The van der Waals surface area contributed by atoms with E-state index in [0.29, 0.717) is 35.5 Å². The second-order valence-corrected chi connectivity index (χ2v) is 8.55. The first kappa shape index (κ1) is 23.6. The van der Waals surface area contributed by atoms with Gasteiger partial charge in [0.15, 0.2) is 0 Å². The van der Waals surface area contributed by atoms with Crippen molar-refractivity contribution in [2.45, 2.75) is 44.4 Å². The van der Waals surface area contributed by atoms with Gasteiger partial charge in [-0.3, -0.25) is 9.59 Å². The lowest BCUT2D eigenvalue weighted by atomic mass is 9.94. The van der Waals surface area contributed by atoms with Crippen LogP contribution in [0.3, 0.4) is 0 Å².